The first-order valence-electron chi connectivity index (χ1n) is 6.11. The molecule has 0 N–H and O–H groups in total. The zero-order chi connectivity index (χ0) is 14.8. The normalized spacial score (nSPS) is 9.40. The number of benzene rings is 1. The Morgan fingerprint density at radius 2 is 1.40 bits per heavy atom. The molecule has 0 aliphatic rings. The van der Waals surface area contributed by atoms with Crippen LogP contribution < -0.4 is 9.47 Å². The van der Waals surface area contributed by atoms with Gasteiger partial charge >= 0.3 is 5.97 Å². The zero-order valence-corrected chi connectivity index (χ0v) is 11.3. The van der Waals surface area contributed by atoms with Gasteiger partial charge < -0.3 is 14.2 Å². The topological polar surface area (TPSA) is 44.8 Å². The number of carbonyl (C=O) groups excluding carboxylic acids is 1. The molecule has 0 radical (unpaired) electrons. The number of rotatable bonds is 9. The third-order valence-electron chi connectivity index (χ3n) is 2.18. The predicted molar refractivity (Wildman–Crippen MR) is 78.3 cm³/mol. The second-order valence-corrected chi connectivity index (χ2v) is 3.78. The lowest BCUT2D eigenvalue weighted by Crippen LogP contribution is -2.06. The molecule has 1 aromatic carbocycles. The highest BCUT2D eigenvalue weighted by molar-refractivity contribution is 5.90. The van der Waals surface area contributed by atoms with Crippen LogP contribution in [0, 0.1) is 0 Å². The van der Waals surface area contributed by atoms with Crippen LogP contribution in [0.4, 0.5) is 0 Å². The Balaban J connectivity index is 2.94. The van der Waals surface area contributed by atoms with Gasteiger partial charge in [-0.2, -0.15) is 0 Å². The average molecular weight is 274 g/mol. The van der Waals surface area contributed by atoms with E-state index in [4.69, 9.17) is 14.2 Å². The average Bonchev–Trinajstić information content (AvgIpc) is 2.48. The molecule has 0 spiro atoms. The van der Waals surface area contributed by atoms with Crippen molar-refractivity contribution in [2.24, 2.45) is 0 Å². The second kappa shape index (κ2) is 8.58. The Bertz CT molecular complexity index is 461. The molecule has 0 unspecified atom stereocenters. The van der Waals surface area contributed by atoms with Crippen LogP contribution in [0.2, 0.25) is 0 Å². The lowest BCUT2D eigenvalue weighted by molar-refractivity contribution is 0.0549. The molecular weight excluding hydrogens is 256 g/mol. The van der Waals surface area contributed by atoms with Crippen molar-refractivity contribution in [1.29, 1.82) is 0 Å². The summed E-state index contributed by atoms with van der Waals surface area (Å²) >= 11 is 0. The predicted octanol–water partition coefficient (Wildman–Crippen LogP) is 3.16. The maximum absolute atomic E-state index is 11.8. The fourth-order valence-electron chi connectivity index (χ4n) is 1.38. The van der Waals surface area contributed by atoms with Crippen LogP contribution in [0.5, 0.6) is 11.5 Å². The van der Waals surface area contributed by atoms with E-state index in [9.17, 15) is 4.79 Å². The molecule has 1 aromatic rings. The summed E-state index contributed by atoms with van der Waals surface area (Å²) in [6.07, 6.45) is 4.74. The number of esters is 1. The van der Waals surface area contributed by atoms with Crippen molar-refractivity contribution in [2.75, 3.05) is 19.8 Å². The summed E-state index contributed by atoms with van der Waals surface area (Å²) in [6, 6.07) is 4.88. The molecule has 20 heavy (non-hydrogen) atoms. The molecule has 0 atom stereocenters. The van der Waals surface area contributed by atoms with E-state index in [0.717, 1.165) is 0 Å². The van der Waals surface area contributed by atoms with Gasteiger partial charge in [-0.15, -0.1) is 0 Å². The molecule has 0 amide bonds. The Morgan fingerprint density at radius 3 is 1.85 bits per heavy atom. The monoisotopic (exact) mass is 274 g/mol. The first-order chi connectivity index (χ1) is 9.71. The number of hydrogen-bond acceptors (Lipinski definition) is 4. The quantitative estimate of drug-likeness (QED) is 0.512. The van der Waals surface area contributed by atoms with Gasteiger partial charge in [0.25, 0.3) is 0 Å². The Kier molecular flexibility index (Phi) is 6.68. The van der Waals surface area contributed by atoms with Crippen LogP contribution in [-0.4, -0.2) is 25.8 Å². The Hall–Kier alpha value is -2.49. The van der Waals surface area contributed by atoms with Gasteiger partial charge in [0.05, 0.1) is 5.56 Å². The summed E-state index contributed by atoms with van der Waals surface area (Å²) in [7, 11) is 0. The van der Waals surface area contributed by atoms with Gasteiger partial charge in [-0.3, -0.25) is 0 Å². The maximum Gasteiger partial charge on any atom is 0.338 e. The summed E-state index contributed by atoms with van der Waals surface area (Å²) in [6.45, 7) is 11.5. The fraction of sp³-hybridized carbons (Fsp3) is 0.188. The van der Waals surface area contributed by atoms with Gasteiger partial charge in [-0.1, -0.05) is 38.0 Å². The smallest absolute Gasteiger partial charge is 0.338 e. The number of carbonyl (C=O) groups is 1. The minimum absolute atomic E-state index is 0.152. The zero-order valence-electron chi connectivity index (χ0n) is 11.3. The molecule has 106 valence electrons. The lowest BCUT2D eigenvalue weighted by atomic mass is 10.2. The Labute approximate surface area is 119 Å². The van der Waals surface area contributed by atoms with Gasteiger partial charge in [0.2, 0.25) is 0 Å². The molecule has 1 rings (SSSR count). The molecule has 0 aliphatic heterocycles. The third-order valence-corrected chi connectivity index (χ3v) is 2.18. The Morgan fingerprint density at radius 1 is 0.900 bits per heavy atom. The van der Waals surface area contributed by atoms with Gasteiger partial charge in [0, 0.05) is 6.07 Å². The first-order valence-corrected chi connectivity index (χ1v) is 6.11. The summed E-state index contributed by atoms with van der Waals surface area (Å²) in [4.78, 5) is 11.8. The van der Waals surface area contributed by atoms with E-state index in [1.807, 2.05) is 0 Å². The molecule has 4 nitrogen and oxygen atoms in total. The second-order valence-electron chi connectivity index (χ2n) is 3.78. The van der Waals surface area contributed by atoms with E-state index in [1.165, 1.54) is 6.08 Å². The number of ether oxygens (including phenoxy) is 3. The van der Waals surface area contributed by atoms with Crippen molar-refractivity contribution >= 4 is 5.97 Å². The van der Waals surface area contributed by atoms with Gasteiger partial charge in [0.15, 0.2) is 0 Å². The molecule has 0 bridgehead atoms. The molecule has 0 fully saturated rings. The molecule has 0 heterocycles. The minimum atomic E-state index is -0.461. The molecule has 0 saturated heterocycles. The van der Waals surface area contributed by atoms with Crippen LogP contribution in [0.1, 0.15) is 10.4 Å². The van der Waals surface area contributed by atoms with Crippen LogP contribution in [0.3, 0.4) is 0 Å². The molecule has 0 saturated carbocycles. The molecule has 0 aromatic heterocycles. The van der Waals surface area contributed by atoms with Crippen LogP contribution >= 0.6 is 0 Å². The SMILES string of the molecule is C=CCOC(=O)c1cc(OCC=C)cc(OCC=C)c1. The van der Waals surface area contributed by atoms with Crippen LogP contribution in [-0.2, 0) is 4.74 Å². The van der Waals surface area contributed by atoms with Gasteiger partial charge in [-0.25, -0.2) is 4.79 Å². The molecule has 0 aliphatic carbocycles. The summed E-state index contributed by atoms with van der Waals surface area (Å²) in [5, 5.41) is 0. The van der Waals surface area contributed by atoms with Gasteiger partial charge in [-0.05, 0) is 12.1 Å². The summed E-state index contributed by atoms with van der Waals surface area (Å²) in [5.74, 6) is 0.562. The lowest BCUT2D eigenvalue weighted by Gasteiger charge is -2.10. The summed E-state index contributed by atoms with van der Waals surface area (Å²) < 4.78 is 15.8. The van der Waals surface area contributed by atoms with E-state index < -0.39 is 5.97 Å². The minimum Gasteiger partial charge on any atom is -0.489 e. The van der Waals surface area contributed by atoms with Crippen molar-refractivity contribution in [1.82, 2.24) is 0 Å². The molecule has 4 heteroatoms. The highest BCUT2D eigenvalue weighted by Crippen LogP contribution is 2.23. The van der Waals surface area contributed by atoms with E-state index in [0.29, 0.717) is 30.3 Å². The van der Waals surface area contributed by atoms with E-state index in [2.05, 4.69) is 19.7 Å². The van der Waals surface area contributed by atoms with Gasteiger partial charge in [0.1, 0.15) is 31.3 Å². The van der Waals surface area contributed by atoms with Crippen molar-refractivity contribution in [3.63, 3.8) is 0 Å². The highest BCUT2D eigenvalue weighted by Gasteiger charge is 2.11. The third kappa shape index (κ3) is 5.02. The van der Waals surface area contributed by atoms with Crippen molar-refractivity contribution in [2.45, 2.75) is 0 Å². The van der Waals surface area contributed by atoms with Crippen molar-refractivity contribution in [3.8, 4) is 11.5 Å². The largest absolute Gasteiger partial charge is 0.489 e. The van der Waals surface area contributed by atoms with Crippen molar-refractivity contribution in [3.05, 3.63) is 61.7 Å². The fourth-order valence-corrected chi connectivity index (χ4v) is 1.38. The molecular formula is C16H18O4. The van der Waals surface area contributed by atoms with E-state index >= 15 is 0 Å². The van der Waals surface area contributed by atoms with Crippen molar-refractivity contribution < 1.29 is 19.0 Å². The standard InChI is InChI=1S/C16H18O4/c1-4-7-18-14-10-13(16(17)20-9-6-3)11-15(12-14)19-8-5-2/h4-6,10-12H,1-3,7-9H2. The number of hydrogen-bond donors (Lipinski definition) is 0. The van der Waals surface area contributed by atoms with E-state index in [-0.39, 0.29) is 6.61 Å². The van der Waals surface area contributed by atoms with Crippen LogP contribution in [0.15, 0.2) is 56.2 Å². The summed E-state index contributed by atoms with van der Waals surface area (Å²) in [5.41, 5.74) is 0.354. The van der Waals surface area contributed by atoms with Crippen LogP contribution in [0.25, 0.3) is 0 Å². The first kappa shape index (κ1) is 15.6. The van der Waals surface area contributed by atoms with E-state index in [1.54, 1.807) is 30.4 Å². The highest BCUT2D eigenvalue weighted by atomic mass is 16.5. The maximum atomic E-state index is 11.8.